The number of cyclic esters (lactones) is 1. The Hall–Kier alpha value is -1.78. The minimum atomic E-state index is -1.25. The molecule has 3 rings (SSSR count). The third-order valence-electron chi connectivity index (χ3n) is 5.90. The fraction of sp³-hybridized carbons (Fsp3) is 0.579. The highest BCUT2D eigenvalue weighted by Gasteiger charge is 2.48. The molecule has 0 saturated carbocycles. The quantitative estimate of drug-likeness (QED) is 0.436. The van der Waals surface area contributed by atoms with Gasteiger partial charge >= 0.3 is 6.09 Å². The second-order valence-corrected chi connectivity index (χ2v) is 14.4. The van der Waals surface area contributed by atoms with Crippen LogP contribution in [0.2, 0.25) is 25.2 Å². The van der Waals surface area contributed by atoms with E-state index in [1.54, 1.807) is 11.9 Å². The van der Waals surface area contributed by atoms with Gasteiger partial charge in [0.2, 0.25) is 0 Å². The SMILES string of the molecule is COC(=S)NCC1C[N+](C)(c2cc(F)c(N3CC[Si](C)(C)CC3)c(F)c2)C(=O)O1. The molecule has 160 valence electrons. The van der Waals surface area contributed by atoms with Crippen LogP contribution in [0.15, 0.2) is 12.1 Å². The summed E-state index contributed by atoms with van der Waals surface area (Å²) in [6, 6.07) is 4.52. The molecule has 0 aromatic heterocycles. The van der Waals surface area contributed by atoms with Gasteiger partial charge in [0.15, 0.2) is 17.7 Å². The molecule has 29 heavy (non-hydrogen) atoms. The molecule has 0 spiro atoms. The highest BCUT2D eigenvalue weighted by molar-refractivity contribution is 7.80. The number of halogens is 2. The van der Waals surface area contributed by atoms with Crippen LogP contribution in [0.1, 0.15) is 0 Å². The topological polar surface area (TPSA) is 50.8 Å². The van der Waals surface area contributed by atoms with Gasteiger partial charge in [-0.2, -0.15) is 9.28 Å². The van der Waals surface area contributed by atoms with Gasteiger partial charge in [-0.15, -0.1) is 0 Å². The molecule has 1 aromatic carbocycles. The number of quaternary nitrogens is 1. The normalized spacial score (nSPS) is 26.2. The first-order chi connectivity index (χ1) is 13.6. The summed E-state index contributed by atoms with van der Waals surface area (Å²) in [4.78, 5) is 14.3. The number of likely N-dealkylation sites (N-methyl/N-ethyl adjacent to an activating group) is 1. The Morgan fingerprint density at radius 1 is 1.34 bits per heavy atom. The molecular formula is C19H28F2N3O3SSi+. The first-order valence-corrected chi connectivity index (χ1v) is 13.5. The second-order valence-electron chi connectivity index (χ2n) is 8.66. The Balaban J connectivity index is 1.79. The summed E-state index contributed by atoms with van der Waals surface area (Å²) in [7, 11) is 1.78. The zero-order valence-electron chi connectivity index (χ0n) is 17.3. The Kier molecular flexibility index (Phi) is 6.16. The average molecular weight is 445 g/mol. The van der Waals surface area contributed by atoms with Crippen LogP contribution >= 0.6 is 12.2 Å². The van der Waals surface area contributed by atoms with E-state index in [0.717, 1.165) is 12.1 Å². The van der Waals surface area contributed by atoms with Gasteiger partial charge in [-0.05, 0) is 24.3 Å². The first-order valence-electron chi connectivity index (χ1n) is 9.69. The molecule has 1 amide bonds. The molecule has 0 aliphatic carbocycles. The summed E-state index contributed by atoms with van der Waals surface area (Å²) in [5.74, 6) is -1.29. The van der Waals surface area contributed by atoms with E-state index in [1.165, 1.54) is 19.2 Å². The average Bonchev–Trinajstić information content (AvgIpc) is 2.95. The molecule has 2 aliphatic rings. The second kappa shape index (κ2) is 8.15. The van der Waals surface area contributed by atoms with Crippen LogP contribution in [0, 0.1) is 11.6 Å². The highest BCUT2D eigenvalue weighted by Crippen LogP contribution is 2.36. The molecule has 2 aliphatic heterocycles. The van der Waals surface area contributed by atoms with Crippen LogP contribution in [-0.4, -0.2) is 65.8 Å². The largest absolute Gasteiger partial charge is 0.521 e. The van der Waals surface area contributed by atoms with Crippen molar-refractivity contribution in [3.63, 3.8) is 0 Å². The zero-order chi connectivity index (χ0) is 21.4. The minimum Gasteiger partial charge on any atom is -0.474 e. The van der Waals surface area contributed by atoms with Crippen LogP contribution in [0.3, 0.4) is 0 Å². The predicted octanol–water partition coefficient (Wildman–Crippen LogP) is 3.47. The maximum Gasteiger partial charge on any atom is 0.521 e. The Labute approximate surface area is 176 Å². The van der Waals surface area contributed by atoms with Crippen LogP contribution in [-0.2, 0) is 9.47 Å². The van der Waals surface area contributed by atoms with E-state index in [1.807, 2.05) is 0 Å². The van der Waals surface area contributed by atoms with Gasteiger partial charge in [-0.3, -0.25) is 0 Å². The van der Waals surface area contributed by atoms with E-state index in [9.17, 15) is 13.6 Å². The fourth-order valence-electron chi connectivity index (χ4n) is 3.84. The van der Waals surface area contributed by atoms with Gasteiger partial charge < -0.3 is 19.7 Å². The lowest BCUT2D eigenvalue weighted by Gasteiger charge is -2.37. The monoisotopic (exact) mass is 444 g/mol. The number of carbonyl (C=O) groups excluding carboxylic acids is 1. The van der Waals surface area contributed by atoms with Gasteiger partial charge in [0.25, 0.3) is 5.17 Å². The maximum absolute atomic E-state index is 15.0. The number of thiocarbonyl (C=S) groups is 1. The molecule has 0 radical (unpaired) electrons. The molecule has 1 N–H and O–H groups in total. The van der Waals surface area contributed by atoms with Crippen LogP contribution in [0.25, 0.3) is 0 Å². The summed E-state index contributed by atoms with van der Waals surface area (Å²) in [6.07, 6.45) is -1.04. The third kappa shape index (κ3) is 4.54. The Bertz CT molecular complexity index is 793. The molecule has 2 heterocycles. The number of hydrogen-bond donors (Lipinski definition) is 1. The Morgan fingerprint density at radius 2 is 1.93 bits per heavy atom. The number of anilines is 1. The van der Waals surface area contributed by atoms with Gasteiger partial charge in [0, 0.05) is 25.2 Å². The van der Waals surface area contributed by atoms with Crippen molar-refractivity contribution in [3.8, 4) is 0 Å². The number of nitrogens with zero attached hydrogens (tertiary/aromatic N) is 2. The van der Waals surface area contributed by atoms with Gasteiger partial charge in [0.05, 0.1) is 28.8 Å². The lowest BCUT2D eigenvalue weighted by atomic mass is 10.2. The lowest BCUT2D eigenvalue weighted by Crippen LogP contribution is -2.47. The van der Waals surface area contributed by atoms with E-state index < -0.39 is 31.9 Å². The van der Waals surface area contributed by atoms with Crippen molar-refractivity contribution in [2.24, 2.45) is 0 Å². The summed E-state index contributed by atoms with van der Waals surface area (Å²) in [6.45, 7) is 6.42. The molecular weight excluding hydrogens is 416 g/mol. The molecule has 1 aromatic rings. The van der Waals surface area contributed by atoms with E-state index in [0.29, 0.717) is 13.1 Å². The maximum atomic E-state index is 15.0. The standard InChI is InChI=1S/C19H27F2N3O3SSi/c1-24(12-14(27-19(24)25)11-22-18(28)26-2)13-9-15(20)17(16(21)10-13)23-5-7-29(3,4)8-6-23/h9-10,14H,5-8,11-12H2,1-4H3/p+1. The number of ether oxygens (including phenoxy) is 2. The van der Waals surface area contributed by atoms with Crippen LogP contribution < -0.4 is 14.7 Å². The first kappa shape index (κ1) is 21.9. The number of methoxy groups -OCH3 is 1. The van der Waals surface area contributed by atoms with E-state index in [-0.39, 0.29) is 34.1 Å². The van der Waals surface area contributed by atoms with Crippen molar-refractivity contribution in [3.05, 3.63) is 23.8 Å². The molecule has 6 nitrogen and oxygen atoms in total. The minimum absolute atomic E-state index is 0.000995. The van der Waals surface area contributed by atoms with Gasteiger partial charge in [0.1, 0.15) is 17.9 Å². The number of nitrogens with one attached hydrogen (secondary N) is 1. The van der Waals surface area contributed by atoms with Crippen molar-refractivity contribution in [1.82, 2.24) is 9.80 Å². The molecule has 2 atom stereocenters. The van der Waals surface area contributed by atoms with Gasteiger partial charge in [-0.25, -0.2) is 8.78 Å². The van der Waals surface area contributed by atoms with Crippen molar-refractivity contribution >= 4 is 42.9 Å². The van der Waals surface area contributed by atoms with Crippen LogP contribution in [0.5, 0.6) is 0 Å². The number of rotatable bonds is 4. The number of benzene rings is 1. The summed E-state index contributed by atoms with van der Waals surface area (Å²) in [5.41, 5.74) is 0.235. The zero-order valence-corrected chi connectivity index (χ0v) is 19.1. The van der Waals surface area contributed by atoms with Crippen molar-refractivity contribution < 1.29 is 23.0 Å². The van der Waals surface area contributed by atoms with Gasteiger partial charge in [-0.1, -0.05) is 13.1 Å². The highest BCUT2D eigenvalue weighted by atomic mass is 32.1. The summed E-state index contributed by atoms with van der Waals surface area (Å²) in [5, 5.41) is 3.03. The number of hydrogen-bond acceptors (Lipinski definition) is 5. The van der Waals surface area contributed by atoms with Crippen molar-refractivity contribution in [2.75, 3.05) is 45.2 Å². The number of amides is 1. The molecule has 0 bridgehead atoms. The molecule has 2 fully saturated rings. The number of carbonyl (C=O) groups is 1. The van der Waals surface area contributed by atoms with E-state index in [2.05, 4.69) is 18.4 Å². The van der Waals surface area contributed by atoms with Crippen LogP contribution in [0.4, 0.5) is 25.0 Å². The fourth-order valence-corrected chi connectivity index (χ4v) is 5.92. The van der Waals surface area contributed by atoms with E-state index in [4.69, 9.17) is 21.7 Å². The molecule has 10 heteroatoms. The smallest absolute Gasteiger partial charge is 0.474 e. The summed E-state index contributed by atoms with van der Waals surface area (Å²) < 4.78 is 39.8. The predicted molar refractivity (Wildman–Crippen MR) is 116 cm³/mol. The third-order valence-corrected chi connectivity index (χ3v) is 9.37. The molecule has 2 unspecified atom stereocenters. The van der Waals surface area contributed by atoms with Crippen molar-refractivity contribution in [1.29, 1.82) is 0 Å². The molecule has 2 saturated heterocycles. The van der Waals surface area contributed by atoms with E-state index >= 15 is 0 Å². The summed E-state index contributed by atoms with van der Waals surface area (Å²) >= 11 is 4.91. The Morgan fingerprint density at radius 3 is 2.48 bits per heavy atom. The lowest BCUT2D eigenvalue weighted by molar-refractivity contribution is 0.135. The van der Waals surface area contributed by atoms with Crippen molar-refractivity contribution in [2.45, 2.75) is 31.3 Å².